The van der Waals surface area contributed by atoms with Crippen molar-refractivity contribution in [3.63, 3.8) is 0 Å². The fraction of sp³-hybridized carbons (Fsp3) is 0.840. The molecule has 0 spiro atoms. The van der Waals surface area contributed by atoms with E-state index in [1.807, 2.05) is 37.0 Å². The summed E-state index contributed by atoms with van der Waals surface area (Å²) in [6, 6.07) is 0.494. The van der Waals surface area contributed by atoms with Gasteiger partial charge in [-0.1, -0.05) is 6.92 Å². The Hall–Kier alpha value is -1.64. The maximum atomic E-state index is 13.1. The lowest BCUT2D eigenvalue weighted by Crippen LogP contribution is -2.59. The number of nitrogens with zero attached hydrogens (tertiary/aromatic N) is 4. The Morgan fingerprint density at radius 3 is 2.58 bits per heavy atom. The molecule has 8 heteroatoms. The van der Waals surface area contributed by atoms with E-state index in [0.717, 1.165) is 64.0 Å². The number of likely N-dealkylation sites (tertiary alicyclic amines) is 1. The Morgan fingerprint density at radius 1 is 1.18 bits per heavy atom. The number of ether oxygens (including phenoxy) is 1. The van der Waals surface area contributed by atoms with Crippen LogP contribution in [0.15, 0.2) is 11.8 Å². The molecule has 1 aliphatic carbocycles. The van der Waals surface area contributed by atoms with Crippen molar-refractivity contribution in [3.8, 4) is 0 Å². The standard InChI is InChI=1S/C25H47N5O3/c1-7-10-30-19-22(15-20-17-24(31)21(16-23(20)30)18-27(3)4)26-25(32)29(8-2)13-12-28(5)11-9-14-33-6/h18,20,22-23H,7-17,19H2,1-6H3,(H,26,32)/t20-,22+,23-/m1/s1. The van der Waals surface area contributed by atoms with Crippen molar-refractivity contribution in [2.24, 2.45) is 5.92 Å². The van der Waals surface area contributed by atoms with Crippen molar-refractivity contribution in [1.29, 1.82) is 0 Å². The molecule has 2 amide bonds. The van der Waals surface area contributed by atoms with Crippen LogP contribution >= 0.6 is 0 Å². The van der Waals surface area contributed by atoms with Crippen LogP contribution in [-0.4, -0.2) is 118 Å². The van der Waals surface area contributed by atoms with Crippen LogP contribution in [0.3, 0.4) is 0 Å². The highest BCUT2D eigenvalue weighted by Crippen LogP contribution is 2.36. The molecule has 2 fully saturated rings. The second-order valence-corrected chi connectivity index (χ2v) is 9.88. The minimum Gasteiger partial charge on any atom is -0.385 e. The molecule has 0 aromatic carbocycles. The zero-order valence-electron chi connectivity index (χ0n) is 21.8. The van der Waals surface area contributed by atoms with Gasteiger partial charge >= 0.3 is 6.03 Å². The molecule has 8 nitrogen and oxygen atoms in total. The summed E-state index contributed by atoms with van der Waals surface area (Å²) in [5.74, 6) is 0.574. The SMILES string of the molecule is CCCN1C[C@@H](NC(=O)N(CC)CCN(C)CCCOC)C[C@@H]2CC(=O)C(=CN(C)C)C[C@H]21. The lowest BCUT2D eigenvalue weighted by Gasteiger charge is -2.47. The van der Waals surface area contributed by atoms with E-state index in [-0.39, 0.29) is 17.9 Å². The van der Waals surface area contributed by atoms with Crippen molar-refractivity contribution in [1.82, 2.24) is 24.9 Å². The van der Waals surface area contributed by atoms with Crippen molar-refractivity contribution in [2.45, 2.75) is 58.0 Å². The summed E-state index contributed by atoms with van der Waals surface area (Å²) in [5, 5.41) is 3.30. The number of ketones is 1. The number of methoxy groups -OCH3 is 1. The van der Waals surface area contributed by atoms with Crippen LogP contribution in [0.5, 0.6) is 0 Å². The van der Waals surface area contributed by atoms with Crippen LogP contribution in [0.2, 0.25) is 0 Å². The molecule has 3 atom stereocenters. The fourth-order valence-corrected chi connectivity index (χ4v) is 5.17. The van der Waals surface area contributed by atoms with Gasteiger partial charge in [-0.2, -0.15) is 0 Å². The van der Waals surface area contributed by atoms with E-state index in [0.29, 0.717) is 31.5 Å². The summed E-state index contributed by atoms with van der Waals surface area (Å²) in [5.41, 5.74) is 0.941. The first kappa shape index (κ1) is 27.6. The van der Waals surface area contributed by atoms with Gasteiger partial charge in [0.25, 0.3) is 0 Å². The monoisotopic (exact) mass is 465 g/mol. The topological polar surface area (TPSA) is 68.4 Å². The molecule has 1 heterocycles. The van der Waals surface area contributed by atoms with Crippen LogP contribution in [-0.2, 0) is 9.53 Å². The van der Waals surface area contributed by atoms with Gasteiger partial charge in [-0.05, 0) is 52.1 Å². The number of fused-ring (bicyclic) bond motifs is 1. The van der Waals surface area contributed by atoms with Crippen molar-refractivity contribution >= 4 is 11.8 Å². The van der Waals surface area contributed by atoms with Gasteiger partial charge in [0.1, 0.15) is 0 Å². The third-order valence-electron chi connectivity index (χ3n) is 6.85. The largest absolute Gasteiger partial charge is 0.385 e. The van der Waals surface area contributed by atoms with Gasteiger partial charge in [-0.3, -0.25) is 9.69 Å². The van der Waals surface area contributed by atoms with Gasteiger partial charge in [0, 0.05) is 90.8 Å². The number of carbonyl (C=O) groups is 2. The lowest BCUT2D eigenvalue weighted by atomic mass is 9.74. The average Bonchev–Trinajstić information content (AvgIpc) is 2.75. The maximum Gasteiger partial charge on any atom is 0.317 e. The minimum atomic E-state index is 0.0121. The van der Waals surface area contributed by atoms with Crippen molar-refractivity contribution in [3.05, 3.63) is 11.8 Å². The Bertz CT molecular complexity index is 654. The van der Waals surface area contributed by atoms with E-state index in [1.54, 1.807) is 7.11 Å². The summed E-state index contributed by atoms with van der Waals surface area (Å²) < 4.78 is 5.12. The molecule has 2 rings (SSSR count). The molecular formula is C25H47N5O3. The number of nitrogens with one attached hydrogen (secondary N) is 1. The van der Waals surface area contributed by atoms with Crippen LogP contribution < -0.4 is 5.32 Å². The van der Waals surface area contributed by atoms with Crippen LogP contribution in [0.25, 0.3) is 0 Å². The number of likely N-dealkylation sites (N-methyl/N-ethyl adjacent to an activating group) is 2. The average molecular weight is 466 g/mol. The highest BCUT2D eigenvalue weighted by atomic mass is 16.5. The lowest BCUT2D eigenvalue weighted by molar-refractivity contribution is -0.119. The fourth-order valence-electron chi connectivity index (χ4n) is 5.17. The third kappa shape index (κ3) is 8.58. The number of hydrogen-bond acceptors (Lipinski definition) is 6. The Morgan fingerprint density at radius 2 is 1.94 bits per heavy atom. The van der Waals surface area contributed by atoms with E-state index in [9.17, 15) is 9.59 Å². The summed E-state index contributed by atoms with van der Waals surface area (Å²) >= 11 is 0. The number of carbonyl (C=O) groups excluding carboxylic acids is 2. The molecule has 0 unspecified atom stereocenters. The Labute approximate surface area is 201 Å². The van der Waals surface area contributed by atoms with Gasteiger partial charge in [-0.15, -0.1) is 0 Å². The highest BCUT2D eigenvalue weighted by Gasteiger charge is 2.41. The van der Waals surface area contributed by atoms with Crippen molar-refractivity contribution < 1.29 is 14.3 Å². The number of hydrogen-bond donors (Lipinski definition) is 1. The first-order valence-corrected chi connectivity index (χ1v) is 12.7. The molecule has 0 aromatic rings. The normalized spacial score (nSPS) is 24.8. The van der Waals surface area contributed by atoms with Crippen molar-refractivity contribution in [2.75, 3.05) is 74.1 Å². The second kappa shape index (κ2) is 13.9. The van der Waals surface area contributed by atoms with E-state index in [2.05, 4.69) is 29.1 Å². The first-order valence-electron chi connectivity index (χ1n) is 12.7. The van der Waals surface area contributed by atoms with E-state index < -0.39 is 0 Å². The summed E-state index contributed by atoms with van der Waals surface area (Å²) in [4.78, 5) is 34.4. The number of amides is 2. The predicted molar refractivity (Wildman–Crippen MR) is 133 cm³/mol. The molecule has 1 saturated heterocycles. The van der Waals surface area contributed by atoms with E-state index in [4.69, 9.17) is 4.74 Å². The summed E-state index contributed by atoms with van der Waals surface area (Å²) in [6.07, 6.45) is 6.34. The van der Waals surface area contributed by atoms with Gasteiger partial charge < -0.3 is 24.8 Å². The predicted octanol–water partition coefficient (Wildman–Crippen LogP) is 2.26. The Balaban J connectivity index is 1.95. The smallest absolute Gasteiger partial charge is 0.317 e. The van der Waals surface area contributed by atoms with E-state index >= 15 is 0 Å². The Kier molecular flexibility index (Phi) is 11.6. The number of piperidine rings is 1. The number of rotatable bonds is 12. The van der Waals surface area contributed by atoms with Gasteiger partial charge in [0.15, 0.2) is 5.78 Å². The van der Waals surface area contributed by atoms with Crippen LogP contribution in [0, 0.1) is 5.92 Å². The van der Waals surface area contributed by atoms with E-state index in [1.165, 1.54) is 0 Å². The third-order valence-corrected chi connectivity index (χ3v) is 6.85. The highest BCUT2D eigenvalue weighted by molar-refractivity contribution is 5.96. The molecule has 0 radical (unpaired) electrons. The molecule has 0 bridgehead atoms. The van der Waals surface area contributed by atoms with Gasteiger partial charge in [-0.25, -0.2) is 4.79 Å². The molecule has 1 saturated carbocycles. The maximum absolute atomic E-state index is 13.1. The van der Waals surface area contributed by atoms with Crippen LogP contribution in [0.1, 0.15) is 46.0 Å². The van der Waals surface area contributed by atoms with Gasteiger partial charge in [0.2, 0.25) is 0 Å². The quantitative estimate of drug-likeness (QED) is 0.352. The molecule has 0 aromatic heterocycles. The zero-order valence-corrected chi connectivity index (χ0v) is 21.8. The number of urea groups is 1. The summed E-state index contributed by atoms with van der Waals surface area (Å²) in [6.45, 7) is 10.1. The molecule has 1 N–H and O–H groups in total. The number of Topliss-reactive ketones (excluding diaryl/α,β-unsaturated/α-hetero) is 1. The molecule has 190 valence electrons. The minimum absolute atomic E-state index is 0.0121. The van der Waals surface area contributed by atoms with Gasteiger partial charge in [0.05, 0.1) is 0 Å². The second-order valence-electron chi connectivity index (χ2n) is 9.88. The molecule has 2 aliphatic rings. The molecule has 33 heavy (non-hydrogen) atoms. The summed E-state index contributed by atoms with van der Waals surface area (Å²) in [7, 11) is 7.75. The first-order chi connectivity index (χ1) is 15.8. The molecular weight excluding hydrogens is 418 g/mol. The molecule has 1 aliphatic heterocycles. The zero-order chi connectivity index (χ0) is 24.4. The van der Waals surface area contributed by atoms with Crippen LogP contribution in [0.4, 0.5) is 4.79 Å².